The average Bonchev–Trinajstić information content (AvgIpc) is 3.09. The number of esters is 1. The predicted octanol–water partition coefficient (Wildman–Crippen LogP) is 3.34. The number of benzene rings is 1. The topological polar surface area (TPSA) is 97.6 Å². The van der Waals surface area contributed by atoms with Gasteiger partial charge < -0.3 is 19.4 Å². The predicted molar refractivity (Wildman–Crippen MR) is 105 cm³/mol. The van der Waals surface area contributed by atoms with Gasteiger partial charge in [0.05, 0.1) is 19.0 Å². The Kier molecular flexibility index (Phi) is 8.12. The van der Waals surface area contributed by atoms with E-state index in [0.717, 1.165) is 12.1 Å². The molecule has 3 rings (SSSR count). The minimum Gasteiger partial charge on any atom is -0.468 e. The Hall–Kier alpha value is -3.89. The maximum Gasteiger partial charge on any atom is 0.382 e. The summed E-state index contributed by atoms with van der Waals surface area (Å²) < 4.78 is 45.9. The van der Waals surface area contributed by atoms with Crippen molar-refractivity contribution in [3.05, 3.63) is 71.8 Å². The Bertz CT molecular complexity index is 1020. The summed E-state index contributed by atoms with van der Waals surface area (Å²) in [4.78, 5) is 32.2. The molecular weight excluding hydrogens is 417 g/mol. The van der Waals surface area contributed by atoms with Crippen molar-refractivity contribution in [2.75, 3.05) is 30.9 Å². The van der Waals surface area contributed by atoms with Crippen molar-refractivity contribution >= 4 is 23.4 Å². The van der Waals surface area contributed by atoms with Gasteiger partial charge in [-0.15, -0.1) is 4.39 Å². The molecule has 1 aromatic carbocycles. The Morgan fingerprint density at radius 1 is 1.13 bits per heavy atom. The van der Waals surface area contributed by atoms with Gasteiger partial charge >= 0.3 is 12.1 Å². The molecular formula is C20H19F3N4O4. The van der Waals surface area contributed by atoms with Crippen molar-refractivity contribution < 1.29 is 31.9 Å². The number of hydrogen-bond acceptors (Lipinski definition) is 7. The molecule has 0 atom stereocenters. The van der Waals surface area contributed by atoms with Crippen LogP contribution in [-0.2, 0) is 9.53 Å². The summed E-state index contributed by atoms with van der Waals surface area (Å²) in [5, 5.41) is 2.53. The zero-order chi connectivity index (χ0) is 23.0. The lowest BCUT2D eigenvalue weighted by atomic mass is 10.3. The number of carbonyl (C=O) groups is 2. The Labute approximate surface area is 175 Å². The van der Waals surface area contributed by atoms with E-state index in [9.17, 15) is 22.8 Å². The van der Waals surface area contributed by atoms with Crippen LogP contribution in [0, 0.1) is 24.7 Å². The van der Waals surface area contributed by atoms with Crippen molar-refractivity contribution in [2.45, 2.75) is 6.92 Å². The molecule has 2 heterocycles. The number of hydrogen-bond donors (Lipinski definition) is 1. The fraction of sp³-hybridized carbons (Fsp3) is 0.200. The largest absolute Gasteiger partial charge is 0.468 e. The van der Waals surface area contributed by atoms with Gasteiger partial charge in [-0.05, 0) is 31.2 Å². The Balaban J connectivity index is 0.000000357. The smallest absolute Gasteiger partial charge is 0.382 e. The molecule has 0 aliphatic rings. The monoisotopic (exact) mass is 436 g/mol. The summed E-state index contributed by atoms with van der Waals surface area (Å²) in [5.41, 5.74) is 0.266. The second-order valence-corrected chi connectivity index (χ2v) is 6.08. The van der Waals surface area contributed by atoms with Gasteiger partial charge in [0.1, 0.15) is 18.1 Å². The second kappa shape index (κ2) is 10.8. The number of methoxy groups -OCH3 is 1. The number of halogens is 3. The van der Waals surface area contributed by atoms with Crippen LogP contribution in [0.4, 0.5) is 24.7 Å². The Morgan fingerprint density at radius 3 is 2.23 bits per heavy atom. The highest BCUT2D eigenvalue weighted by Gasteiger charge is 2.17. The number of anilines is 2. The van der Waals surface area contributed by atoms with Gasteiger partial charge in [0.2, 0.25) is 0 Å². The Morgan fingerprint density at radius 2 is 1.77 bits per heavy atom. The molecule has 0 aliphatic heterocycles. The number of pyridine rings is 1. The molecule has 0 radical (unpaired) electrons. The van der Waals surface area contributed by atoms with Crippen LogP contribution in [0.25, 0.3) is 0 Å². The third-order valence-electron chi connectivity index (χ3n) is 3.80. The van der Waals surface area contributed by atoms with E-state index in [0.29, 0.717) is 11.5 Å². The first-order valence-corrected chi connectivity index (χ1v) is 8.79. The lowest BCUT2D eigenvalue weighted by Gasteiger charge is -2.16. The van der Waals surface area contributed by atoms with Crippen LogP contribution in [-0.4, -0.2) is 42.5 Å². The fourth-order valence-corrected chi connectivity index (χ4v) is 2.23. The first-order valence-electron chi connectivity index (χ1n) is 8.79. The van der Waals surface area contributed by atoms with E-state index in [4.69, 9.17) is 0 Å². The number of carbonyl (C=O) groups excluding carboxylic acids is 2. The van der Waals surface area contributed by atoms with Gasteiger partial charge in [-0.2, -0.15) is 4.98 Å². The zero-order valence-electron chi connectivity index (χ0n) is 16.9. The lowest BCUT2D eigenvalue weighted by Crippen LogP contribution is -2.27. The van der Waals surface area contributed by atoms with Gasteiger partial charge in [0.15, 0.2) is 17.3 Å². The van der Waals surface area contributed by atoms with Crippen molar-refractivity contribution in [1.82, 2.24) is 9.97 Å². The maximum atomic E-state index is 12.8. The molecule has 0 spiro atoms. The minimum atomic E-state index is -1.06. The molecule has 164 valence electrons. The molecule has 1 amide bonds. The van der Waals surface area contributed by atoms with E-state index in [-0.39, 0.29) is 18.0 Å². The highest BCUT2D eigenvalue weighted by atomic mass is 19.2. The van der Waals surface area contributed by atoms with E-state index < -0.39 is 29.7 Å². The van der Waals surface area contributed by atoms with Gasteiger partial charge in [0.25, 0.3) is 5.91 Å². The lowest BCUT2D eigenvalue weighted by molar-refractivity contribution is -0.138. The average molecular weight is 436 g/mol. The van der Waals surface area contributed by atoms with Gasteiger partial charge in [0, 0.05) is 7.05 Å². The number of amides is 1. The highest BCUT2D eigenvalue weighted by molar-refractivity contribution is 6.03. The first kappa shape index (κ1) is 23.4. The first-order chi connectivity index (χ1) is 14.7. The van der Waals surface area contributed by atoms with Crippen molar-refractivity contribution in [2.24, 2.45) is 0 Å². The van der Waals surface area contributed by atoms with E-state index in [1.165, 1.54) is 32.4 Å². The summed E-state index contributed by atoms with van der Waals surface area (Å²) in [6, 6.07) is 8.26. The van der Waals surface area contributed by atoms with E-state index in [1.807, 2.05) is 0 Å². The van der Waals surface area contributed by atoms with Crippen molar-refractivity contribution in [3.8, 4) is 0 Å². The number of likely N-dealkylation sites (N-methyl/N-ethyl adjacent to an activating group) is 1. The molecule has 0 aliphatic carbocycles. The fourth-order valence-electron chi connectivity index (χ4n) is 2.23. The van der Waals surface area contributed by atoms with E-state index in [1.54, 1.807) is 24.1 Å². The molecule has 0 saturated carbocycles. The summed E-state index contributed by atoms with van der Waals surface area (Å²) in [7, 11) is 2.98. The maximum absolute atomic E-state index is 12.8. The molecule has 2 aromatic heterocycles. The number of aromatic nitrogens is 2. The normalized spacial score (nSPS) is 10.0. The van der Waals surface area contributed by atoms with Gasteiger partial charge in [-0.1, -0.05) is 12.1 Å². The van der Waals surface area contributed by atoms with E-state index in [2.05, 4.69) is 24.4 Å². The molecule has 31 heavy (non-hydrogen) atoms. The van der Waals surface area contributed by atoms with Crippen LogP contribution in [0.2, 0.25) is 0 Å². The number of nitrogens with one attached hydrogen (secondary N) is 1. The van der Waals surface area contributed by atoms with Crippen molar-refractivity contribution in [3.63, 3.8) is 0 Å². The minimum absolute atomic E-state index is 0.0482. The van der Waals surface area contributed by atoms with Crippen LogP contribution in [0.1, 0.15) is 16.2 Å². The summed E-state index contributed by atoms with van der Waals surface area (Å²) >= 11 is 0. The van der Waals surface area contributed by atoms with Crippen LogP contribution in [0.15, 0.2) is 47.0 Å². The van der Waals surface area contributed by atoms with Crippen molar-refractivity contribution in [1.29, 1.82) is 0 Å². The highest BCUT2D eigenvalue weighted by Crippen LogP contribution is 2.15. The zero-order valence-corrected chi connectivity index (χ0v) is 16.9. The third kappa shape index (κ3) is 6.84. The molecule has 0 fully saturated rings. The number of ether oxygens (including phenoxy) is 1. The van der Waals surface area contributed by atoms with Gasteiger partial charge in [-0.25, -0.2) is 13.8 Å². The number of aryl methyl sites for hydroxylation is 1. The molecule has 8 nitrogen and oxygen atoms in total. The van der Waals surface area contributed by atoms with E-state index >= 15 is 0 Å². The quantitative estimate of drug-likeness (QED) is 0.613. The summed E-state index contributed by atoms with van der Waals surface area (Å²) in [5.74, 6) is -1.98. The van der Waals surface area contributed by atoms with Crippen LogP contribution in [0.3, 0.4) is 0 Å². The third-order valence-corrected chi connectivity index (χ3v) is 3.80. The summed E-state index contributed by atoms with van der Waals surface area (Å²) in [6.07, 6.45) is 0.345. The second-order valence-electron chi connectivity index (χ2n) is 6.08. The number of nitrogens with zero attached hydrogens (tertiary/aromatic N) is 3. The number of oxazole rings is 1. The van der Waals surface area contributed by atoms with Crippen LogP contribution in [0.5, 0.6) is 0 Å². The van der Waals surface area contributed by atoms with Crippen LogP contribution < -0.4 is 10.2 Å². The molecule has 3 aromatic rings. The molecule has 0 saturated heterocycles. The van der Waals surface area contributed by atoms with Crippen LogP contribution >= 0.6 is 0 Å². The standard InChI is InChI=1S/C14H15FN4O4.C6H4F2/c1-8-12(18-14(15)23-8)13(21)17-9-4-5-10(16-6-9)19(2)7-11(20)22-3;7-5-3-1-2-4-6(5)8/h4-6H,7H2,1-3H3,(H,17,21);1-4H. The summed E-state index contributed by atoms with van der Waals surface area (Å²) in [6.45, 7) is 1.49. The number of rotatable bonds is 5. The van der Waals surface area contributed by atoms with Gasteiger partial charge in [-0.3, -0.25) is 9.59 Å². The SMILES string of the molecule is COC(=O)CN(C)c1ccc(NC(=O)c2nc(F)oc2C)cn1.Fc1ccccc1F. The molecule has 0 bridgehead atoms. The molecule has 1 N–H and O–H groups in total. The molecule has 11 heteroatoms. The molecule has 0 unspecified atom stereocenters.